The number of nitrogens with one attached hydrogen (secondary N) is 1. The fourth-order valence-electron chi connectivity index (χ4n) is 11.7. The zero-order valence-corrected chi connectivity index (χ0v) is 32.2. The Morgan fingerprint density at radius 2 is 1.91 bits per heavy atom. The number of piperazine rings is 1. The molecule has 290 valence electrons. The summed E-state index contributed by atoms with van der Waals surface area (Å²) in [5, 5.41) is 15.7. The van der Waals surface area contributed by atoms with E-state index in [9.17, 15) is 19.5 Å². The van der Waals surface area contributed by atoms with Gasteiger partial charge in [0.25, 0.3) is 0 Å². The number of ether oxygens (including phenoxy) is 2. The number of carbonyl (C=O) groups excluding carboxylic acids is 3. The molecule has 1 aliphatic heterocycles. The van der Waals surface area contributed by atoms with Crippen LogP contribution in [0.1, 0.15) is 97.2 Å². The lowest BCUT2D eigenvalue weighted by atomic mass is 9.46. The summed E-state index contributed by atoms with van der Waals surface area (Å²) in [6.07, 6.45) is 9.48. The number of halogens is 1. The zero-order valence-electron chi connectivity index (χ0n) is 32.2. The molecule has 0 bridgehead atoms. The first-order chi connectivity index (χ1) is 25.8. The van der Waals surface area contributed by atoms with Crippen LogP contribution in [0.25, 0.3) is 10.9 Å². The highest BCUT2D eigenvalue weighted by Gasteiger charge is 2.70. The van der Waals surface area contributed by atoms with E-state index in [4.69, 9.17) is 9.47 Å². The van der Waals surface area contributed by atoms with Crippen molar-refractivity contribution >= 4 is 34.1 Å². The summed E-state index contributed by atoms with van der Waals surface area (Å²) in [4.78, 5) is 57.1. The number of hydrogen-bond acceptors (Lipinski definition) is 9. The number of carbonyl (C=O) groups is 3. The normalized spacial score (nSPS) is 34.6. The molecule has 1 aromatic carbocycles. The van der Waals surface area contributed by atoms with Gasteiger partial charge in [-0.15, -0.1) is 0 Å². The van der Waals surface area contributed by atoms with Crippen LogP contribution < -0.4 is 20.4 Å². The fraction of sp³-hybridized carbons (Fsp3) is 0.628. The molecule has 8 rings (SSSR count). The van der Waals surface area contributed by atoms with Gasteiger partial charge in [-0.1, -0.05) is 32.4 Å². The lowest BCUT2D eigenvalue weighted by Gasteiger charge is -2.60. The van der Waals surface area contributed by atoms with Crippen LogP contribution in [0.15, 0.2) is 40.7 Å². The number of aromatic nitrogens is 1. The smallest absolute Gasteiger partial charge is 0.306 e. The molecule has 1 saturated heterocycles. The van der Waals surface area contributed by atoms with Crippen molar-refractivity contribution in [1.82, 2.24) is 9.88 Å². The topological polar surface area (TPSA) is 127 Å². The lowest BCUT2D eigenvalue weighted by molar-refractivity contribution is -0.198. The maximum Gasteiger partial charge on any atom is 0.306 e. The van der Waals surface area contributed by atoms with Gasteiger partial charge >= 0.3 is 5.97 Å². The Kier molecular flexibility index (Phi) is 9.23. The van der Waals surface area contributed by atoms with E-state index in [2.05, 4.69) is 12.2 Å². The van der Waals surface area contributed by atoms with Crippen LogP contribution in [-0.4, -0.2) is 71.7 Å². The molecule has 2 N–H and O–H groups in total. The molecule has 5 fully saturated rings. The van der Waals surface area contributed by atoms with Crippen LogP contribution in [0, 0.1) is 34.4 Å². The first-order valence-electron chi connectivity index (χ1n) is 20.1. The molecule has 2 aromatic rings. The van der Waals surface area contributed by atoms with Gasteiger partial charge in [-0.2, -0.15) is 0 Å². The predicted octanol–water partition coefficient (Wildman–Crippen LogP) is 5.75. The van der Waals surface area contributed by atoms with Crippen molar-refractivity contribution in [2.75, 3.05) is 31.6 Å². The Labute approximate surface area is 316 Å². The molecule has 2 heterocycles. The molecule has 0 amide bonds. The van der Waals surface area contributed by atoms with Gasteiger partial charge in [-0.3, -0.25) is 19.2 Å². The molecule has 4 saturated carbocycles. The number of hydrogen-bond donors (Lipinski definition) is 2. The van der Waals surface area contributed by atoms with Crippen molar-refractivity contribution in [3.05, 3.63) is 57.7 Å². The molecule has 6 aliphatic rings. The summed E-state index contributed by atoms with van der Waals surface area (Å²) in [7, 11) is 1.50. The van der Waals surface area contributed by atoms with Gasteiger partial charge < -0.3 is 29.4 Å². The Balaban J connectivity index is 1.22. The standard InChI is InChI=1S/C43H54FN3O7/c1-6-7-36(52)54-43(15-13-31-29-11-8-25-18-28(48)12-14-41(25,3)37(29)34(50)22-42(31,43)4)35(51)20-27-19-33(49)30-21-32(44)39(46-17-16-45-24(2)23-46)40(53-5)38(30)47(27)26-9-10-26/h12,14,18-19,21,24,26,29,31,34,37,45,50H,6-11,13,15-17,20,22-23H2,1-5H3/t24?,29-,31-,34-,37?,41-,42-,43-/m1/s1. The van der Waals surface area contributed by atoms with Crippen LogP contribution >= 0.6 is 0 Å². The summed E-state index contributed by atoms with van der Waals surface area (Å²) in [5.74, 6) is -1.08. The van der Waals surface area contributed by atoms with Gasteiger partial charge in [0.05, 0.1) is 30.5 Å². The number of pyridine rings is 1. The number of esters is 1. The summed E-state index contributed by atoms with van der Waals surface area (Å²) in [6.45, 7) is 9.89. The fourth-order valence-corrected chi connectivity index (χ4v) is 11.7. The highest BCUT2D eigenvalue weighted by Crippen LogP contribution is 2.68. The molecule has 5 aliphatic carbocycles. The highest BCUT2D eigenvalue weighted by molar-refractivity contribution is 6.01. The van der Waals surface area contributed by atoms with Crippen LogP contribution in [0.5, 0.6) is 5.75 Å². The van der Waals surface area contributed by atoms with Crippen molar-refractivity contribution < 1.29 is 33.4 Å². The third-order valence-corrected chi connectivity index (χ3v) is 14.2. The van der Waals surface area contributed by atoms with Gasteiger partial charge in [-0.25, -0.2) is 4.39 Å². The van der Waals surface area contributed by atoms with E-state index >= 15 is 9.18 Å². The van der Waals surface area contributed by atoms with Crippen molar-refractivity contribution in [1.29, 1.82) is 0 Å². The van der Waals surface area contributed by atoms with E-state index in [0.717, 1.165) is 31.3 Å². The Bertz CT molecular complexity index is 2040. The molecule has 11 heteroatoms. The lowest BCUT2D eigenvalue weighted by Crippen LogP contribution is -2.62. The Hall–Kier alpha value is -3.83. The number of aliphatic hydroxyl groups is 1. The molecule has 2 unspecified atom stereocenters. The van der Waals surface area contributed by atoms with Crippen LogP contribution in [0.3, 0.4) is 0 Å². The van der Waals surface area contributed by atoms with E-state index in [1.54, 1.807) is 12.2 Å². The molecular weight excluding hydrogens is 689 g/mol. The predicted molar refractivity (Wildman–Crippen MR) is 203 cm³/mol. The number of fused-ring (bicyclic) bond motifs is 6. The second-order valence-corrected chi connectivity index (χ2v) is 17.4. The summed E-state index contributed by atoms with van der Waals surface area (Å²) in [6, 6.07) is 2.89. The maximum atomic E-state index is 16.0. The summed E-state index contributed by atoms with van der Waals surface area (Å²) < 4.78 is 30.5. The minimum Gasteiger partial charge on any atom is -0.492 e. The number of nitrogens with zero attached hydrogens (tertiary/aromatic N) is 2. The number of rotatable bonds is 9. The van der Waals surface area contributed by atoms with Crippen LogP contribution in [-0.2, 0) is 25.5 Å². The monoisotopic (exact) mass is 743 g/mol. The quantitative estimate of drug-likeness (QED) is 0.309. The summed E-state index contributed by atoms with van der Waals surface area (Å²) in [5.41, 5.74) is -0.912. The maximum absolute atomic E-state index is 16.0. The Morgan fingerprint density at radius 1 is 1.13 bits per heavy atom. The largest absolute Gasteiger partial charge is 0.492 e. The van der Waals surface area contributed by atoms with Gasteiger partial charge in [0, 0.05) is 66.6 Å². The molecular formula is C43H54FN3O7. The van der Waals surface area contributed by atoms with Crippen molar-refractivity contribution in [2.45, 2.75) is 116 Å². The average Bonchev–Trinajstić information content (AvgIpc) is 3.91. The third-order valence-electron chi connectivity index (χ3n) is 14.2. The molecule has 0 radical (unpaired) electrons. The molecule has 10 nitrogen and oxygen atoms in total. The highest BCUT2D eigenvalue weighted by atomic mass is 19.1. The third kappa shape index (κ3) is 5.61. The summed E-state index contributed by atoms with van der Waals surface area (Å²) >= 11 is 0. The minimum absolute atomic E-state index is 0.00603. The van der Waals surface area contributed by atoms with Crippen molar-refractivity contribution in [2.24, 2.45) is 28.6 Å². The number of aliphatic hydroxyl groups excluding tert-OH is 1. The van der Waals surface area contributed by atoms with E-state index in [1.807, 2.05) is 36.3 Å². The number of Topliss-reactive ketones (excluding diaryl/α,β-unsaturated/α-hetero) is 1. The first-order valence-corrected chi connectivity index (χ1v) is 20.1. The number of allylic oxidation sites excluding steroid dienone is 4. The van der Waals surface area contributed by atoms with Gasteiger partial charge in [0.15, 0.2) is 34.2 Å². The number of benzene rings is 1. The van der Waals surface area contributed by atoms with E-state index in [0.29, 0.717) is 55.8 Å². The van der Waals surface area contributed by atoms with E-state index < -0.39 is 39.8 Å². The molecule has 8 atom stereocenters. The second kappa shape index (κ2) is 13.4. The van der Waals surface area contributed by atoms with Crippen LogP contribution in [0.4, 0.5) is 10.1 Å². The number of ketones is 2. The van der Waals surface area contributed by atoms with Gasteiger partial charge in [0.2, 0.25) is 0 Å². The molecule has 1 aromatic heterocycles. The van der Waals surface area contributed by atoms with Gasteiger partial charge in [0.1, 0.15) is 5.69 Å². The average molecular weight is 744 g/mol. The van der Waals surface area contributed by atoms with Gasteiger partial charge in [-0.05, 0) is 88.3 Å². The van der Waals surface area contributed by atoms with E-state index in [-0.39, 0.29) is 71.8 Å². The van der Waals surface area contributed by atoms with Crippen molar-refractivity contribution in [3.63, 3.8) is 0 Å². The Morgan fingerprint density at radius 3 is 2.61 bits per heavy atom. The minimum atomic E-state index is -1.51. The zero-order chi connectivity index (χ0) is 38.3. The van der Waals surface area contributed by atoms with Crippen molar-refractivity contribution in [3.8, 4) is 5.75 Å². The number of anilines is 1. The molecule has 0 spiro atoms. The molecule has 54 heavy (non-hydrogen) atoms. The van der Waals surface area contributed by atoms with E-state index in [1.165, 1.54) is 19.2 Å². The first kappa shape index (κ1) is 37.1. The number of methoxy groups -OCH3 is 1. The van der Waals surface area contributed by atoms with Crippen LogP contribution in [0.2, 0.25) is 0 Å². The second-order valence-electron chi connectivity index (χ2n) is 17.4. The SMILES string of the molecule is CCCC(=O)O[C@@]1(C(=O)Cc2cc(=O)c3cc(F)c(N4CCNC(C)C4)c(OC)c3n2C2CC2)CC[C@@H]2[C@H]3CCC4=CC(=O)C=C[C@@]4(C)C3[C@H](O)C[C@]21C.